The molecule has 0 atom stereocenters. The maximum atomic E-state index is 6.86. The van der Waals surface area contributed by atoms with Gasteiger partial charge in [-0.05, 0) is 82.5 Å². The van der Waals surface area contributed by atoms with E-state index in [2.05, 4.69) is 139 Å². The molecule has 8 aromatic rings. The van der Waals surface area contributed by atoms with E-state index in [1.54, 1.807) is 0 Å². The van der Waals surface area contributed by atoms with E-state index in [4.69, 9.17) is 16.0 Å². The Morgan fingerprint density at radius 3 is 2.36 bits per heavy atom. The number of nitrogens with zero attached hydrogens (tertiary/aromatic N) is 2. The molecule has 3 aliphatic rings. The van der Waals surface area contributed by atoms with Gasteiger partial charge in [-0.15, -0.1) is 0 Å². The van der Waals surface area contributed by atoms with E-state index in [-0.39, 0.29) is 12.1 Å². The molecule has 1 aliphatic carbocycles. The van der Waals surface area contributed by atoms with Crippen LogP contribution in [0.1, 0.15) is 30.5 Å². The largest absolute Gasteiger partial charge is 0.456 e. The summed E-state index contributed by atoms with van der Waals surface area (Å²) < 4.78 is 9.01. The summed E-state index contributed by atoms with van der Waals surface area (Å²) in [5.41, 5.74) is 18.3. The van der Waals surface area contributed by atoms with Crippen LogP contribution in [0, 0.1) is 6.92 Å². The van der Waals surface area contributed by atoms with Gasteiger partial charge in [0, 0.05) is 49.4 Å². The van der Waals surface area contributed by atoms with Gasteiger partial charge in [0.15, 0.2) is 0 Å². The van der Waals surface area contributed by atoms with Crippen LogP contribution in [-0.2, 0) is 5.41 Å². The molecular weight excluding hydrogens is 595 g/mol. The second-order valence-corrected chi connectivity index (χ2v) is 14.3. The van der Waals surface area contributed by atoms with Gasteiger partial charge >= 0.3 is 0 Å². The van der Waals surface area contributed by atoms with E-state index >= 15 is 0 Å². The van der Waals surface area contributed by atoms with Gasteiger partial charge in [0.2, 0.25) is 0 Å². The Labute approximate surface area is 277 Å². The number of hydrogen-bond donors (Lipinski definition) is 0. The van der Waals surface area contributed by atoms with Crippen molar-refractivity contribution < 1.29 is 4.42 Å². The highest BCUT2D eigenvalue weighted by molar-refractivity contribution is 7.00. The van der Waals surface area contributed by atoms with E-state index in [0.717, 1.165) is 38.3 Å². The first-order chi connectivity index (χ1) is 22.9. The Kier molecular flexibility index (Phi) is 4.74. The van der Waals surface area contributed by atoms with Crippen LogP contribution >= 0.6 is 11.6 Å². The Balaban J connectivity index is 1.32. The summed E-state index contributed by atoms with van der Waals surface area (Å²) in [4.78, 5) is 2.45. The Morgan fingerprint density at radius 1 is 0.681 bits per heavy atom. The zero-order valence-electron chi connectivity index (χ0n) is 26.2. The first kappa shape index (κ1) is 25.9. The number of rotatable bonds is 1. The lowest BCUT2D eigenvalue weighted by Gasteiger charge is -2.41. The maximum Gasteiger partial charge on any atom is 0.252 e. The molecule has 3 nitrogen and oxygen atoms in total. The first-order valence-electron chi connectivity index (χ1n) is 16.3. The third-order valence-electron chi connectivity index (χ3n) is 11.0. The van der Waals surface area contributed by atoms with Gasteiger partial charge in [-0.25, -0.2) is 0 Å². The van der Waals surface area contributed by atoms with Crippen LogP contribution in [0.5, 0.6) is 0 Å². The lowest BCUT2D eigenvalue weighted by atomic mass is 9.33. The van der Waals surface area contributed by atoms with Crippen molar-refractivity contribution in [3.63, 3.8) is 0 Å². The molecule has 0 fully saturated rings. The average Bonchev–Trinajstić information content (AvgIpc) is 3.70. The molecule has 4 heterocycles. The molecule has 0 bridgehead atoms. The van der Waals surface area contributed by atoms with Crippen LogP contribution in [-0.4, -0.2) is 11.3 Å². The molecule has 0 saturated heterocycles. The third-order valence-corrected chi connectivity index (χ3v) is 11.3. The summed E-state index contributed by atoms with van der Waals surface area (Å²) in [6.07, 6.45) is 0. The number of hydrogen-bond acceptors (Lipinski definition) is 2. The number of para-hydroxylation sites is 2. The molecule has 2 aromatic heterocycles. The number of aromatic nitrogens is 1. The molecule has 0 amide bonds. The van der Waals surface area contributed by atoms with E-state index < -0.39 is 0 Å². The van der Waals surface area contributed by atoms with Crippen molar-refractivity contribution in [1.82, 2.24) is 4.57 Å². The normalized spacial score (nSPS) is 14.9. The van der Waals surface area contributed by atoms with Crippen molar-refractivity contribution in [2.45, 2.75) is 26.2 Å². The number of halogens is 1. The first-order valence-corrected chi connectivity index (χ1v) is 16.7. The third kappa shape index (κ3) is 3.06. The lowest BCUT2D eigenvalue weighted by Crippen LogP contribution is -2.60. The van der Waals surface area contributed by atoms with Gasteiger partial charge in [-0.1, -0.05) is 98.2 Å². The van der Waals surface area contributed by atoms with Crippen molar-refractivity contribution in [2.75, 3.05) is 4.90 Å². The fraction of sp³-hybridized carbons (Fsp3) is 0.0952. The average molecular weight is 623 g/mol. The van der Waals surface area contributed by atoms with Crippen LogP contribution in [0.2, 0.25) is 5.02 Å². The molecule has 47 heavy (non-hydrogen) atoms. The van der Waals surface area contributed by atoms with Crippen LogP contribution in [0.25, 0.3) is 49.8 Å². The van der Waals surface area contributed by atoms with Crippen LogP contribution in [0.4, 0.5) is 17.1 Å². The highest BCUT2D eigenvalue weighted by Crippen LogP contribution is 2.54. The minimum absolute atomic E-state index is 0.0639. The molecule has 0 N–H and O–H groups in total. The second-order valence-electron chi connectivity index (χ2n) is 13.9. The predicted octanol–water partition coefficient (Wildman–Crippen LogP) is 9.41. The topological polar surface area (TPSA) is 21.3 Å². The number of fused-ring (bicyclic) bond motifs is 12. The summed E-state index contributed by atoms with van der Waals surface area (Å²) >= 11 is 6.86. The summed E-state index contributed by atoms with van der Waals surface area (Å²) in [5, 5.41) is 4.29. The SMILES string of the molecule is Cc1cc2c3c(c1)-n1c4c(c5cccc(c51)B3c1ccc(Cl)cc1N2c1cccc2oc3ccccc3c12)C(C)(C)c1ccccc1-4. The van der Waals surface area contributed by atoms with Gasteiger partial charge in [-0.2, -0.15) is 0 Å². The summed E-state index contributed by atoms with van der Waals surface area (Å²) in [7, 11) is 0. The Morgan fingerprint density at radius 2 is 1.45 bits per heavy atom. The smallest absolute Gasteiger partial charge is 0.252 e. The van der Waals surface area contributed by atoms with Crippen molar-refractivity contribution >= 4 is 84.6 Å². The Bertz CT molecular complexity index is 2710. The van der Waals surface area contributed by atoms with Crippen molar-refractivity contribution in [1.29, 1.82) is 0 Å². The fourth-order valence-corrected chi connectivity index (χ4v) is 9.45. The highest BCUT2D eigenvalue weighted by atomic mass is 35.5. The molecule has 222 valence electrons. The molecule has 6 aromatic carbocycles. The summed E-state index contributed by atoms with van der Waals surface area (Å²) in [6, 6.07) is 41.9. The molecule has 11 rings (SSSR count). The minimum Gasteiger partial charge on any atom is -0.456 e. The quantitative estimate of drug-likeness (QED) is 0.170. The van der Waals surface area contributed by atoms with Gasteiger partial charge < -0.3 is 13.9 Å². The van der Waals surface area contributed by atoms with E-state index in [9.17, 15) is 0 Å². The number of aryl methyl sites for hydroxylation is 1. The minimum atomic E-state index is -0.115. The predicted molar refractivity (Wildman–Crippen MR) is 197 cm³/mol. The van der Waals surface area contributed by atoms with Gasteiger partial charge in [0.1, 0.15) is 11.2 Å². The summed E-state index contributed by atoms with van der Waals surface area (Å²) in [5.74, 6) is 0. The van der Waals surface area contributed by atoms with Crippen LogP contribution in [0.15, 0.2) is 120 Å². The van der Waals surface area contributed by atoms with Gasteiger partial charge in [-0.3, -0.25) is 0 Å². The van der Waals surface area contributed by atoms with E-state index in [0.29, 0.717) is 0 Å². The molecule has 5 heteroatoms. The van der Waals surface area contributed by atoms with E-state index in [1.165, 1.54) is 66.6 Å². The molecule has 0 unspecified atom stereocenters. The van der Waals surface area contributed by atoms with Crippen molar-refractivity contribution in [3.05, 3.63) is 137 Å². The molecule has 0 spiro atoms. The zero-order valence-corrected chi connectivity index (χ0v) is 27.0. The van der Waals surface area contributed by atoms with Crippen LogP contribution in [0.3, 0.4) is 0 Å². The van der Waals surface area contributed by atoms with Gasteiger partial charge in [0.05, 0.1) is 16.8 Å². The summed E-state index contributed by atoms with van der Waals surface area (Å²) in [6.45, 7) is 7.07. The van der Waals surface area contributed by atoms with Crippen molar-refractivity contribution in [3.8, 4) is 16.9 Å². The van der Waals surface area contributed by atoms with E-state index in [1.807, 2.05) is 6.07 Å². The zero-order chi connectivity index (χ0) is 31.3. The van der Waals surface area contributed by atoms with Crippen molar-refractivity contribution in [2.24, 2.45) is 0 Å². The lowest BCUT2D eigenvalue weighted by molar-refractivity contribution is 0.666. The number of furan rings is 1. The molecule has 0 radical (unpaired) electrons. The highest BCUT2D eigenvalue weighted by Gasteiger charge is 2.47. The molecular formula is C42H28BClN2O. The number of benzene rings is 6. The molecule has 0 saturated carbocycles. The van der Waals surface area contributed by atoms with Crippen LogP contribution < -0.4 is 21.3 Å². The van der Waals surface area contributed by atoms with Gasteiger partial charge in [0.25, 0.3) is 6.71 Å². The second kappa shape index (κ2) is 8.58. The fourth-order valence-electron chi connectivity index (χ4n) is 9.28. The Hall–Kier alpha value is -5.19. The standard InChI is InChI=1S/C42H28BClN2O/c1-23-20-33-39-34(21-23)46-40-27(38-41(46)25-10-4-6-13-28(25)42(38,2)3)12-8-14-30(40)43(39)29-19-18-24(44)22-32(29)45(33)31-15-9-17-36-37(31)26-11-5-7-16-35(26)47-36/h4-22H,1-3H3. The number of anilines is 3. The molecule has 2 aliphatic heterocycles. The maximum absolute atomic E-state index is 6.86. The monoisotopic (exact) mass is 622 g/mol.